The molecule has 3 aliphatic rings. The monoisotopic (exact) mass is 661 g/mol. The lowest BCUT2D eigenvalue weighted by molar-refractivity contribution is -0.118. The van der Waals surface area contributed by atoms with Crippen LogP contribution in [0.2, 0.25) is 5.02 Å². The van der Waals surface area contributed by atoms with Crippen LogP contribution in [0.5, 0.6) is 0 Å². The Morgan fingerprint density at radius 3 is 2.54 bits per heavy atom. The third-order valence-electron chi connectivity index (χ3n) is 8.37. The van der Waals surface area contributed by atoms with Gasteiger partial charge in [-0.2, -0.15) is 9.40 Å². The number of likely N-dealkylation sites (tertiary alicyclic amines) is 1. The zero-order chi connectivity index (χ0) is 28.9. The highest BCUT2D eigenvalue weighted by Gasteiger charge is 2.35. The van der Waals surface area contributed by atoms with Gasteiger partial charge in [0.2, 0.25) is 15.9 Å². The molecular formula is C29H33BrClN5O4S. The van der Waals surface area contributed by atoms with Gasteiger partial charge in [0.15, 0.2) is 0 Å². The first-order valence-corrected chi connectivity index (χ1v) is 16.9. The highest BCUT2D eigenvalue weighted by molar-refractivity contribution is 9.10. The van der Waals surface area contributed by atoms with E-state index in [-0.39, 0.29) is 18.5 Å². The van der Waals surface area contributed by atoms with Crippen LogP contribution >= 0.6 is 27.5 Å². The normalized spacial score (nSPS) is 19.4. The van der Waals surface area contributed by atoms with Crippen molar-refractivity contribution in [3.63, 3.8) is 0 Å². The molecule has 1 fully saturated rings. The van der Waals surface area contributed by atoms with Crippen molar-refractivity contribution >= 4 is 49.1 Å². The first kappa shape index (κ1) is 28.8. The van der Waals surface area contributed by atoms with Crippen molar-refractivity contribution in [2.24, 2.45) is 0 Å². The number of anilines is 1. The molecule has 6 rings (SSSR count). The number of halogens is 2. The number of fused-ring (bicyclic) bond motifs is 2. The summed E-state index contributed by atoms with van der Waals surface area (Å²) in [6, 6.07) is 13.6. The Balaban J connectivity index is 1.13. The lowest BCUT2D eigenvalue weighted by Crippen LogP contribution is -2.48. The number of amides is 1. The van der Waals surface area contributed by atoms with Crippen LogP contribution in [0.25, 0.3) is 11.3 Å². The Bertz CT molecular complexity index is 1570. The van der Waals surface area contributed by atoms with Gasteiger partial charge in [-0.05, 0) is 48.7 Å². The lowest BCUT2D eigenvalue weighted by atomic mass is 10.0. The van der Waals surface area contributed by atoms with Gasteiger partial charge in [0.05, 0.1) is 31.0 Å². The third-order valence-corrected chi connectivity index (χ3v) is 10.4. The number of piperidine rings is 1. The van der Waals surface area contributed by atoms with Crippen molar-refractivity contribution in [2.45, 2.75) is 50.9 Å². The third kappa shape index (κ3) is 5.98. The molecule has 2 aromatic carbocycles. The first-order valence-electron chi connectivity index (χ1n) is 13.9. The number of carbonyl (C=O) groups is 1. The van der Waals surface area contributed by atoms with Crippen LogP contribution in [0.1, 0.15) is 29.7 Å². The van der Waals surface area contributed by atoms with Crippen molar-refractivity contribution in [3.8, 4) is 11.3 Å². The van der Waals surface area contributed by atoms with Crippen molar-refractivity contribution < 1.29 is 18.3 Å². The summed E-state index contributed by atoms with van der Waals surface area (Å²) < 4.78 is 28.9. The Hall–Kier alpha value is -2.28. The van der Waals surface area contributed by atoms with Gasteiger partial charge < -0.3 is 14.9 Å². The molecule has 1 saturated heterocycles. The number of aromatic nitrogens is 2. The molecule has 4 heterocycles. The van der Waals surface area contributed by atoms with Crippen LogP contribution in [-0.2, 0) is 40.7 Å². The van der Waals surface area contributed by atoms with Gasteiger partial charge in [-0.25, -0.2) is 8.42 Å². The number of hydrogen-bond acceptors (Lipinski definition) is 6. The Labute approximate surface area is 253 Å². The van der Waals surface area contributed by atoms with Gasteiger partial charge in [0.1, 0.15) is 0 Å². The highest BCUT2D eigenvalue weighted by atomic mass is 79.9. The zero-order valence-corrected chi connectivity index (χ0v) is 26.0. The molecular weight excluding hydrogens is 630 g/mol. The molecule has 0 spiro atoms. The minimum absolute atomic E-state index is 0.125. The van der Waals surface area contributed by atoms with Crippen LogP contribution in [0.4, 0.5) is 5.69 Å². The molecule has 1 unspecified atom stereocenters. The standard InChI is InChI=1S/C29H33BrClN5O4S/c1-41(39,40)34-13-10-27-25(18-34)29(19-2-4-21(30)5-3-19)32-35(27)17-24(37)16-33-11-8-23(9-12-33)36-26-7-6-22(31)14-20(26)15-28(36)38/h2-7,14,23-24,37H,8-13,15-18H2,1H3. The molecule has 1 atom stereocenters. The summed E-state index contributed by atoms with van der Waals surface area (Å²) in [7, 11) is -3.34. The molecule has 0 radical (unpaired) electrons. The summed E-state index contributed by atoms with van der Waals surface area (Å²) in [5.41, 5.74) is 5.50. The number of aliphatic hydroxyl groups excluding tert-OH is 1. The van der Waals surface area contributed by atoms with E-state index in [1.54, 1.807) is 0 Å². The molecule has 1 amide bonds. The van der Waals surface area contributed by atoms with Crippen LogP contribution in [0.15, 0.2) is 46.9 Å². The summed E-state index contributed by atoms with van der Waals surface area (Å²) in [5, 5.41) is 16.7. The SMILES string of the molecule is CS(=O)(=O)N1CCc2c(c(-c3ccc(Br)cc3)nn2CC(O)CN2CCC(N3C(=O)Cc4cc(Cl)ccc43)CC2)C1. The van der Waals surface area contributed by atoms with Crippen LogP contribution in [-0.4, -0.2) is 83.0 Å². The van der Waals surface area contributed by atoms with E-state index in [1.807, 2.05) is 52.0 Å². The predicted molar refractivity (Wildman–Crippen MR) is 162 cm³/mol. The topological polar surface area (TPSA) is 99.0 Å². The lowest BCUT2D eigenvalue weighted by Gasteiger charge is -2.37. The number of carbonyl (C=O) groups excluding carboxylic acids is 1. The smallest absolute Gasteiger partial charge is 0.231 e. The molecule has 0 bridgehead atoms. The van der Waals surface area contributed by atoms with Crippen LogP contribution in [0, 0.1) is 0 Å². The molecule has 0 saturated carbocycles. The van der Waals surface area contributed by atoms with E-state index in [1.165, 1.54) is 10.6 Å². The Kier molecular flexibility index (Phi) is 8.03. The molecule has 0 aliphatic carbocycles. The van der Waals surface area contributed by atoms with Gasteiger partial charge in [-0.1, -0.05) is 39.7 Å². The minimum Gasteiger partial charge on any atom is -0.390 e. The maximum atomic E-state index is 12.8. The van der Waals surface area contributed by atoms with Crippen molar-refractivity contribution in [1.29, 1.82) is 0 Å². The summed E-state index contributed by atoms with van der Waals surface area (Å²) in [6.45, 7) is 3.08. The molecule has 12 heteroatoms. The average Bonchev–Trinajstić information content (AvgIpc) is 3.45. The van der Waals surface area contributed by atoms with E-state index < -0.39 is 16.1 Å². The number of β-amino-alcohol motifs (C(OH)–C–C–N with tert-alkyl or cyclic N) is 1. The highest BCUT2D eigenvalue weighted by Crippen LogP contribution is 2.35. The number of rotatable bonds is 7. The van der Waals surface area contributed by atoms with Crippen LogP contribution < -0.4 is 4.90 Å². The number of benzene rings is 2. The molecule has 9 nitrogen and oxygen atoms in total. The number of hydrogen-bond donors (Lipinski definition) is 1. The van der Waals surface area contributed by atoms with E-state index in [0.29, 0.717) is 37.5 Å². The summed E-state index contributed by atoms with van der Waals surface area (Å²) in [4.78, 5) is 17.0. The number of sulfonamides is 1. The zero-order valence-electron chi connectivity index (χ0n) is 22.8. The van der Waals surface area contributed by atoms with Crippen molar-refractivity contribution in [3.05, 3.63) is 68.8 Å². The molecule has 1 N–H and O–H groups in total. The molecule has 1 aromatic heterocycles. The summed E-state index contributed by atoms with van der Waals surface area (Å²) >= 11 is 9.61. The van der Waals surface area contributed by atoms with Gasteiger partial charge in [0.25, 0.3) is 0 Å². The average molecular weight is 663 g/mol. The maximum Gasteiger partial charge on any atom is 0.231 e. The Morgan fingerprint density at radius 1 is 1.10 bits per heavy atom. The van der Waals surface area contributed by atoms with Crippen molar-refractivity contribution in [1.82, 2.24) is 19.0 Å². The summed E-state index contributed by atoms with van der Waals surface area (Å²) in [6.07, 6.45) is 3.22. The number of nitrogens with zero attached hydrogens (tertiary/aromatic N) is 5. The largest absolute Gasteiger partial charge is 0.390 e. The fourth-order valence-electron chi connectivity index (χ4n) is 6.37. The van der Waals surface area contributed by atoms with E-state index in [9.17, 15) is 18.3 Å². The Morgan fingerprint density at radius 2 is 1.83 bits per heavy atom. The quantitative estimate of drug-likeness (QED) is 0.415. The van der Waals surface area contributed by atoms with E-state index in [4.69, 9.17) is 16.7 Å². The van der Waals surface area contributed by atoms with Gasteiger partial charge in [-0.15, -0.1) is 0 Å². The second-order valence-corrected chi connectivity index (χ2v) is 14.5. The fraction of sp³-hybridized carbons (Fsp3) is 0.448. The van der Waals surface area contributed by atoms with Crippen LogP contribution in [0.3, 0.4) is 0 Å². The summed E-state index contributed by atoms with van der Waals surface area (Å²) in [5.74, 6) is 0.125. The van der Waals surface area contributed by atoms with Gasteiger partial charge in [-0.3, -0.25) is 9.48 Å². The van der Waals surface area contributed by atoms with Crippen molar-refractivity contribution in [2.75, 3.05) is 37.3 Å². The molecule has 41 heavy (non-hydrogen) atoms. The van der Waals surface area contributed by atoms with E-state index in [2.05, 4.69) is 20.8 Å². The van der Waals surface area contributed by atoms with E-state index >= 15 is 0 Å². The first-order chi connectivity index (χ1) is 19.6. The second kappa shape index (κ2) is 11.4. The molecule has 218 valence electrons. The van der Waals surface area contributed by atoms with E-state index in [0.717, 1.165) is 64.2 Å². The predicted octanol–water partition coefficient (Wildman–Crippen LogP) is 3.70. The molecule has 3 aliphatic heterocycles. The minimum atomic E-state index is -3.34. The second-order valence-electron chi connectivity index (χ2n) is 11.2. The fourth-order valence-corrected chi connectivity index (χ4v) is 7.61. The maximum absolute atomic E-state index is 12.8. The number of aliphatic hydroxyl groups is 1. The molecule has 3 aromatic rings. The van der Waals surface area contributed by atoms with Gasteiger partial charge in [0, 0.05) is 77.2 Å². The van der Waals surface area contributed by atoms with Gasteiger partial charge >= 0.3 is 0 Å².